The Bertz CT molecular complexity index is 502. The van der Waals surface area contributed by atoms with E-state index in [-0.39, 0.29) is 11.5 Å². The lowest BCUT2D eigenvalue weighted by Crippen LogP contribution is -2.42. The maximum Gasteiger partial charge on any atom is 0.326 e. The van der Waals surface area contributed by atoms with Gasteiger partial charge < -0.3 is 10.4 Å². The average molecular weight is 316 g/mol. The molecule has 6 heteroatoms. The highest BCUT2D eigenvalue weighted by molar-refractivity contribution is 9.10. The summed E-state index contributed by atoms with van der Waals surface area (Å²) in [6.07, 6.45) is 1.56. The second kappa shape index (κ2) is 5.06. The summed E-state index contributed by atoms with van der Waals surface area (Å²) in [6.45, 7) is 0. The van der Waals surface area contributed by atoms with Crippen molar-refractivity contribution in [2.45, 2.75) is 18.9 Å². The number of hydrogen-bond donors (Lipinski definition) is 2. The molecule has 96 valence electrons. The van der Waals surface area contributed by atoms with Crippen molar-refractivity contribution in [1.29, 1.82) is 0 Å². The van der Waals surface area contributed by atoms with E-state index >= 15 is 0 Å². The quantitative estimate of drug-likeness (QED) is 0.895. The number of amides is 1. The Labute approximate surface area is 111 Å². The standard InChI is InChI=1S/C12H11BrFNO3/c13-7-3-4-8(9(14)5-7)11(16)15-10(12(17)18)6-1-2-6/h3-6,10H,1-2H2,(H,15,16)(H,17,18). The van der Waals surface area contributed by atoms with Gasteiger partial charge in [-0.15, -0.1) is 0 Å². The van der Waals surface area contributed by atoms with E-state index in [9.17, 15) is 14.0 Å². The molecule has 2 N–H and O–H groups in total. The van der Waals surface area contributed by atoms with Crippen molar-refractivity contribution >= 4 is 27.8 Å². The molecular formula is C12H11BrFNO3. The number of carboxylic acid groups (broad SMARTS) is 1. The molecule has 18 heavy (non-hydrogen) atoms. The molecule has 1 aromatic rings. The molecule has 1 atom stereocenters. The Morgan fingerprint density at radius 1 is 1.44 bits per heavy atom. The summed E-state index contributed by atoms with van der Waals surface area (Å²) in [7, 11) is 0. The number of aliphatic carboxylic acids is 1. The molecule has 1 aliphatic carbocycles. The van der Waals surface area contributed by atoms with Gasteiger partial charge >= 0.3 is 5.97 Å². The van der Waals surface area contributed by atoms with Crippen molar-refractivity contribution in [2.75, 3.05) is 0 Å². The fourth-order valence-electron chi connectivity index (χ4n) is 1.70. The lowest BCUT2D eigenvalue weighted by molar-refractivity contribution is -0.139. The number of rotatable bonds is 4. The number of benzene rings is 1. The van der Waals surface area contributed by atoms with Crippen molar-refractivity contribution in [2.24, 2.45) is 5.92 Å². The summed E-state index contributed by atoms with van der Waals surface area (Å²) in [5.74, 6) is -2.49. The molecule has 0 radical (unpaired) electrons. The summed E-state index contributed by atoms with van der Waals surface area (Å²) in [5.41, 5.74) is -0.148. The first-order chi connectivity index (χ1) is 8.49. The van der Waals surface area contributed by atoms with E-state index in [0.29, 0.717) is 4.47 Å². The molecule has 2 rings (SSSR count). The SMILES string of the molecule is O=C(NC(C(=O)O)C1CC1)c1ccc(Br)cc1F. The molecule has 1 aliphatic rings. The number of carbonyl (C=O) groups excluding carboxylic acids is 1. The van der Waals surface area contributed by atoms with Crippen molar-refractivity contribution in [3.05, 3.63) is 34.1 Å². The average Bonchev–Trinajstić information content (AvgIpc) is 3.08. The number of nitrogens with one attached hydrogen (secondary N) is 1. The highest BCUT2D eigenvalue weighted by atomic mass is 79.9. The Morgan fingerprint density at radius 3 is 2.61 bits per heavy atom. The van der Waals surface area contributed by atoms with Gasteiger partial charge in [0.1, 0.15) is 11.9 Å². The van der Waals surface area contributed by atoms with Gasteiger partial charge in [-0.1, -0.05) is 15.9 Å². The molecule has 4 nitrogen and oxygen atoms in total. The van der Waals surface area contributed by atoms with E-state index in [1.165, 1.54) is 18.2 Å². The number of carbonyl (C=O) groups is 2. The maximum absolute atomic E-state index is 13.5. The monoisotopic (exact) mass is 315 g/mol. The van der Waals surface area contributed by atoms with Crippen molar-refractivity contribution < 1.29 is 19.1 Å². The van der Waals surface area contributed by atoms with Gasteiger partial charge in [0.2, 0.25) is 0 Å². The molecule has 0 bridgehead atoms. The van der Waals surface area contributed by atoms with Crippen molar-refractivity contribution in [1.82, 2.24) is 5.32 Å². The molecule has 0 spiro atoms. The Kier molecular flexibility index (Phi) is 3.65. The van der Waals surface area contributed by atoms with E-state index in [0.717, 1.165) is 12.8 Å². The molecule has 0 saturated heterocycles. The van der Waals surface area contributed by atoms with Gasteiger partial charge in [0.15, 0.2) is 0 Å². The van der Waals surface area contributed by atoms with Crippen LogP contribution in [0.4, 0.5) is 4.39 Å². The fourth-order valence-corrected chi connectivity index (χ4v) is 2.04. The topological polar surface area (TPSA) is 66.4 Å². The second-order valence-electron chi connectivity index (χ2n) is 4.25. The van der Waals surface area contributed by atoms with Crippen LogP contribution >= 0.6 is 15.9 Å². The van der Waals surface area contributed by atoms with Crippen LogP contribution in [0, 0.1) is 11.7 Å². The first-order valence-electron chi connectivity index (χ1n) is 5.48. The fraction of sp³-hybridized carbons (Fsp3) is 0.333. The third kappa shape index (κ3) is 2.87. The zero-order valence-electron chi connectivity index (χ0n) is 9.32. The summed E-state index contributed by atoms with van der Waals surface area (Å²) >= 11 is 3.09. The molecule has 1 saturated carbocycles. The van der Waals surface area contributed by atoms with Crippen LogP contribution in [-0.2, 0) is 4.79 Å². The Balaban J connectivity index is 2.13. The van der Waals surface area contributed by atoms with Crippen LogP contribution in [-0.4, -0.2) is 23.0 Å². The molecule has 0 aromatic heterocycles. The van der Waals surface area contributed by atoms with Crippen LogP contribution in [0.25, 0.3) is 0 Å². The van der Waals surface area contributed by atoms with Crippen LogP contribution in [0.15, 0.2) is 22.7 Å². The third-order valence-corrected chi connectivity index (χ3v) is 3.32. The minimum atomic E-state index is -1.08. The van der Waals surface area contributed by atoms with Gasteiger partial charge in [0, 0.05) is 4.47 Å². The zero-order chi connectivity index (χ0) is 13.3. The number of carboxylic acids is 1. The molecular weight excluding hydrogens is 305 g/mol. The van der Waals surface area contributed by atoms with E-state index in [1.54, 1.807) is 0 Å². The van der Waals surface area contributed by atoms with Gasteiger partial charge in [-0.3, -0.25) is 4.79 Å². The molecule has 1 unspecified atom stereocenters. The predicted octanol–water partition coefficient (Wildman–Crippen LogP) is 2.18. The van der Waals surface area contributed by atoms with Gasteiger partial charge in [0.05, 0.1) is 5.56 Å². The van der Waals surface area contributed by atoms with Gasteiger partial charge in [-0.05, 0) is 37.0 Å². The first-order valence-corrected chi connectivity index (χ1v) is 6.27. The van der Waals surface area contributed by atoms with Gasteiger partial charge in [-0.2, -0.15) is 0 Å². The van der Waals surface area contributed by atoms with E-state index < -0.39 is 23.7 Å². The van der Waals surface area contributed by atoms with Gasteiger partial charge in [-0.25, -0.2) is 9.18 Å². The first kappa shape index (κ1) is 13.0. The lowest BCUT2D eigenvalue weighted by Gasteiger charge is -2.13. The largest absolute Gasteiger partial charge is 0.480 e. The molecule has 0 aliphatic heterocycles. The van der Waals surface area contributed by atoms with Gasteiger partial charge in [0.25, 0.3) is 5.91 Å². The normalized spacial score (nSPS) is 16.1. The van der Waals surface area contributed by atoms with E-state index in [2.05, 4.69) is 21.2 Å². The van der Waals surface area contributed by atoms with Crippen LogP contribution in [0.2, 0.25) is 0 Å². The smallest absolute Gasteiger partial charge is 0.326 e. The summed E-state index contributed by atoms with van der Waals surface area (Å²) in [4.78, 5) is 22.8. The minimum Gasteiger partial charge on any atom is -0.480 e. The maximum atomic E-state index is 13.5. The minimum absolute atomic E-state index is 0.0371. The van der Waals surface area contributed by atoms with E-state index in [4.69, 9.17) is 5.11 Å². The lowest BCUT2D eigenvalue weighted by atomic mass is 10.1. The highest BCUT2D eigenvalue weighted by Gasteiger charge is 2.37. The van der Waals surface area contributed by atoms with Crippen LogP contribution < -0.4 is 5.32 Å². The Morgan fingerprint density at radius 2 is 2.11 bits per heavy atom. The van der Waals surface area contributed by atoms with E-state index in [1.807, 2.05) is 0 Å². The highest BCUT2D eigenvalue weighted by Crippen LogP contribution is 2.33. The summed E-state index contributed by atoms with van der Waals surface area (Å²) < 4.78 is 14.1. The number of halogens is 2. The molecule has 1 fully saturated rings. The Hall–Kier alpha value is -1.43. The molecule has 1 aromatic carbocycles. The number of hydrogen-bond acceptors (Lipinski definition) is 2. The third-order valence-electron chi connectivity index (χ3n) is 2.82. The summed E-state index contributed by atoms with van der Waals surface area (Å²) in [5, 5.41) is 11.3. The van der Waals surface area contributed by atoms with Crippen molar-refractivity contribution in [3.63, 3.8) is 0 Å². The van der Waals surface area contributed by atoms with Crippen molar-refractivity contribution in [3.8, 4) is 0 Å². The second-order valence-corrected chi connectivity index (χ2v) is 5.17. The van der Waals surface area contributed by atoms with Crippen LogP contribution in [0.5, 0.6) is 0 Å². The predicted molar refractivity (Wildman–Crippen MR) is 65.7 cm³/mol. The van der Waals surface area contributed by atoms with Crippen LogP contribution in [0.1, 0.15) is 23.2 Å². The molecule has 1 amide bonds. The zero-order valence-corrected chi connectivity index (χ0v) is 10.9. The summed E-state index contributed by atoms with van der Waals surface area (Å²) in [6, 6.07) is 3.09. The van der Waals surface area contributed by atoms with Crippen LogP contribution in [0.3, 0.4) is 0 Å². The molecule has 0 heterocycles.